The van der Waals surface area contributed by atoms with Crippen LogP contribution in [0, 0.1) is 5.41 Å². The minimum Gasteiger partial charge on any atom is -0.497 e. The van der Waals surface area contributed by atoms with E-state index in [0.717, 1.165) is 36.4 Å². The van der Waals surface area contributed by atoms with Crippen LogP contribution in [0.3, 0.4) is 0 Å². The Morgan fingerprint density at radius 2 is 2.00 bits per heavy atom. The summed E-state index contributed by atoms with van der Waals surface area (Å²) in [6, 6.07) is 12.6. The molecule has 5 nitrogen and oxygen atoms in total. The highest BCUT2D eigenvalue weighted by Crippen LogP contribution is 2.40. The Balaban J connectivity index is 1.46. The molecule has 1 saturated carbocycles. The molecule has 1 amide bonds. The number of likely N-dealkylation sites (tertiary alicyclic amines) is 1. The van der Waals surface area contributed by atoms with E-state index in [1.165, 1.54) is 19.3 Å². The number of methoxy groups -OCH3 is 1. The van der Waals surface area contributed by atoms with Gasteiger partial charge in [0.1, 0.15) is 5.75 Å². The molecular weight excluding hydrogens is 338 g/mol. The molecule has 2 fully saturated rings. The summed E-state index contributed by atoms with van der Waals surface area (Å²) in [5.41, 5.74) is 1.88. The summed E-state index contributed by atoms with van der Waals surface area (Å²) in [6.45, 7) is 2.23. The van der Waals surface area contributed by atoms with E-state index in [-0.39, 0.29) is 11.3 Å². The van der Waals surface area contributed by atoms with Crippen molar-refractivity contribution in [3.05, 3.63) is 59.9 Å². The van der Waals surface area contributed by atoms with Crippen LogP contribution < -0.4 is 10.1 Å². The lowest BCUT2D eigenvalue weighted by molar-refractivity contribution is -0.146. The van der Waals surface area contributed by atoms with Crippen molar-refractivity contribution in [3.63, 3.8) is 0 Å². The van der Waals surface area contributed by atoms with E-state index in [1.54, 1.807) is 19.5 Å². The Kier molecular flexibility index (Phi) is 5.12. The second-order valence-corrected chi connectivity index (χ2v) is 7.84. The number of nitrogens with zero attached hydrogens (tertiary/aromatic N) is 2. The molecule has 1 saturated heterocycles. The third-order valence-electron chi connectivity index (χ3n) is 5.96. The lowest BCUT2D eigenvalue weighted by atomic mass is 9.71. The summed E-state index contributed by atoms with van der Waals surface area (Å²) in [7, 11) is 1.68. The van der Waals surface area contributed by atoms with Crippen molar-refractivity contribution >= 4 is 5.91 Å². The van der Waals surface area contributed by atoms with Gasteiger partial charge < -0.3 is 10.1 Å². The van der Waals surface area contributed by atoms with Gasteiger partial charge in [-0.25, -0.2) is 0 Å². The van der Waals surface area contributed by atoms with E-state index in [1.807, 2.05) is 30.3 Å². The molecule has 0 bridgehead atoms. The molecule has 0 atom stereocenters. The van der Waals surface area contributed by atoms with Crippen molar-refractivity contribution in [2.24, 2.45) is 5.41 Å². The van der Waals surface area contributed by atoms with E-state index in [4.69, 9.17) is 4.74 Å². The highest BCUT2D eigenvalue weighted by atomic mass is 16.5. The van der Waals surface area contributed by atoms with E-state index >= 15 is 0 Å². The van der Waals surface area contributed by atoms with Gasteiger partial charge in [0.25, 0.3) is 0 Å². The molecule has 1 aromatic carbocycles. The molecule has 5 heteroatoms. The number of aromatic nitrogens is 1. The number of carbonyl (C=O) groups is 1. The lowest BCUT2D eigenvalue weighted by Crippen LogP contribution is -2.67. The van der Waals surface area contributed by atoms with Crippen LogP contribution in [0.1, 0.15) is 30.4 Å². The Bertz CT molecular complexity index is 783. The SMILES string of the molecule is COc1cccc(CC2(C(=O)NCc3ccncc3)CN(C3CCC3)C2)c1. The Morgan fingerprint density at radius 1 is 1.22 bits per heavy atom. The maximum atomic E-state index is 13.2. The second-order valence-electron chi connectivity index (χ2n) is 7.84. The predicted molar refractivity (Wildman–Crippen MR) is 104 cm³/mol. The first-order valence-electron chi connectivity index (χ1n) is 9.73. The molecule has 0 radical (unpaired) electrons. The zero-order valence-corrected chi connectivity index (χ0v) is 15.9. The van der Waals surface area contributed by atoms with Crippen LogP contribution in [0.4, 0.5) is 0 Å². The number of pyridine rings is 1. The van der Waals surface area contributed by atoms with E-state index in [0.29, 0.717) is 12.6 Å². The normalized spacial score (nSPS) is 19.0. The van der Waals surface area contributed by atoms with E-state index < -0.39 is 0 Å². The predicted octanol–water partition coefficient (Wildman–Crippen LogP) is 2.80. The molecule has 1 aliphatic carbocycles. The summed E-state index contributed by atoms with van der Waals surface area (Å²) in [4.78, 5) is 19.7. The van der Waals surface area contributed by atoms with Crippen molar-refractivity contribution in [3.8, 4) is 5.75 Å². The number of amides is 1. The average Bonchev–Trinajstić information content (AvgIpc) is 2.63. The van der Waals surface area contributed by atoms with Crippen molar-refractivity contribution in [2.45, 2.75) is 38.3 Å². The summed E-state index contributed by atoms with van der Waals surface area (Å²) >= 11 is 0. The first-order valence-corrected chi connectivity index (χ1v) is 9.73. The van der Waals surface area contributed by atoms with E-state index in [2.05, 4.69) is 21.3 Å². The van der Waals surface area contributed by atoms with Gasteiger partial charge in [0.2, 0.25) is 5.91 Å². The second kappa shape index (κ2) is 7.69. The van der Waals surface area contributed by atoms with Gasteiger partial charge in [0.05, 0.1) is 12.5 Å². The Hall–Kier alpha value is -2.40. The molecule has 0 unspecified atom stereocenters. The van der Waals surface area contributed by atoms with Crippen LogP contribution in [0.25, 0.3) is 0 Å². The van der Waals surface area contributed by atoms with Gasteiger partial charge in [-0.3, -0.25) is 14.7 Å². The summed E-state index contributed by atoms with van der Waals surface area (Å²) in [5.74, 6) is 0.993. The van der Waals surface area contributed by atoms with E-state index in [9.17, 15) is 4.79 Å². The monoisotopic (exact) mass is 365 g/mol. The Morgan fingerprint density at radius 3 is 2.67 bits per heavy atom. The van der Waals surface area contributed by atoms with Gasteiger partial charge in [-0.15, -0.1) is 0 Å². The van der Waals surface area contributed by atoms with Gasteiger partial charge in [-0.05, 0) is 54.7 Å². The maximum absolute atomic E-state index is 13.2. The number of ether oxygens (including phenoxy) is 1. The van der Waals surface area contributed by atoms with Gasteiger partial charge in [0, 0.05) is 38.1 Å². The van der Waals surface area contributed by atoms with Crippen molar-refractivity contribution < 1.29 is 9.53 Å². The molecule has 2 heterocycles. The maximum Gasteiger partial charge on any atom is 0.229 e. The van der Waals surface area contributed by atoms with Crippen molar-refractivity contribution in [1.82, 2.24) is 15.2 Å². The van der Waals surface area contributed by atoms with Crippen LogP contribution in [0.2, 0.25) is 0 Å². The molecule has 1 aliphatic heterocycles. The number of rotatable bonds is 7. The molecule has 1 aromatic heterocycles. The molecule has 0 spiro atoms. The summed E-state index contributed by atoms with van der Waals surface area (Å²) in [6.07, 6.45) is 8.12. The Labute approximate surface area is 160 Å². The first-order chi connectivity index (χ1) is 13.2. The summed E-state index contributed by atoms with van der Waals surface area (Å²) < 4.78 is 5.36. The minimum absolute atomic E-state index is 0.151. The molecule has 142 valence electrons. The van der Waals surface area contributed by atoms with Crippen LogP contribution in [0.15, 0.2) is 48.8 Å². The molecule has 1 N–H and O–H groups in total. The highest BCUT2D eigenvalue weighted by Gasteiger charge is 2.51. The number of hydrogen-bond acceptors (Lipinski definition) is 4. The molecular formula is C22H27N3O2. The van der Waals surface area contributed by atoms with Gasteiger partial charge in [0.15, 0.2) is 0 Å². The zero-order chi connectivity index (χ0) is 18.7. The molecule has 27 heavy (non-hydrogen) atoms. The zero-order valence-electron chi connectivity index (χ0n) is 15.9. The van der Waals surface area contributed by atoms with Gasteiger partial charge >= 0.3 is 0 Å². The van der Waals surface area contributed by atoms with Crippen LogP contribution in [0.5, 0.6) is 5.75 Å². The molecule has 4 rings (SSSR count). The number of carbonyl (C=O) groups excluding carboxylic acids is 1. The smallest absolute Gasteiger partial charge is 0.229 e. The number of benzene rings is 1. The third kappa shape index (κ3) is 3.83. The molecule has 2 aliphatic rings. The topological polar surface area (TPSA) is 54.5 Å². The number of nitrogens with one attached hydrogen (secondary N) is 1. The minimum atomic E-state index is -0.352. The van der Waals surface area contributed by atoms with Crippen molar-refractivity contribution in [2.75, 3.05) is 20.2 Å². The molecule has 2 aromatic rings. The standard InChI is InChI=1S/C22H27N3O2/c1-27-20-7-2-4-18(12-20)13-22(15-25(16-22)19-5-3-6-19)21(26)24-14-17-8-10-23-11-9-17/h2,4,7-12,19H,3,5-6,13-16H2,1H3,(H,24,26). The highest BCUT2D eigenvalue weighted by molar-refractivity contribution is 5.84. The quantitative estimate of drug-likeness (QED) is 0.820. The van der Waals surface area contributed by atoms with Crippen LogP contribution >= 0.6 is 0 Å². The third-order valence-corrected chi connectivity index (χ3v) is 5.96. The summed E-state index contributed by atoms with van der Waals surface area (Å²) in [5, 5.41) is 3.16. The largest absolute Gasteiger partial charge is 0.497 e. The van der Waals surface area contributed by atoms with Gasteiger partial charge in [-0.1, -0.05) is 18.6 Å². The fourth-order valence-electron chi connectivity index (χ4n) is 4.12. The van der Waals surface area contributed by atoms with Crippen LogP contribution in [-0.4, -0.2) is 42.0 Å². The fourth-order valence-corrected chi connectivity index (χ4v) is 4.12. The number of hydrogen-bond donors (Lipinski definition) is 1. The fraction of sp³-hybridized carbons (Fsp3) is 0.455. The average molecular weight is 365 g/mol. The lowest BCUT2D eigenvalue weighted by Gasteiger charge is -2.54. The van der Waals surface area contributed by atoms with Crippen molar-refractivity contribution in [1.29, 1.82) is 0 Å². The van der Waals surface area contributed by atoms with Gasteiger partial charge in [-0.2, -0.15) is 0 Å². The van der Waals surface area contributed by atoms with Crippen LogP contribution in [-0.2, 0) is 17.8 Å². The first kappa shape index (κ1) is 18.0.